The lowest BCUT2D eigenvalue weighted by Crippen LogP contribution is -2.09. The summed E-state index contributed by atoms with van der Waals surface area (Å²) in [5, 5.41) is 8.01. The first-order valence-corrected chi connectivity index (χ1v) is 8.41. The number of esters is 1. The van der Waals surface area contributed by atoms with Crippen molar-refractivity contribution >= 4 is 5.97 Å². The average molecular weight is 352 g/mol. The highest BCUT2D eigenvalue weighted by Gasteiger charge is 2.20. The quantitative estimate of drug-likeness (QED) is 0.614. The van der Waals surface area contributed by atoms with E-state index in [0.29, 0.717) is 23.8 Å². The van der Waals surface area contributed by atoms with Gasteiger partial charge in [0, 0.05) is 5.56 Å². The summed E-state index contributed by atoms with van der Waals surface area (Å²) in [6.45, 7) is 6.17. The highest BCUT2D eigenvalue weighted by atomic mass is 16.6. The molecule has 0 bridgehead atoms. The van der Waals surface area contributed by atoms with E-state index in [9.17, 15) is 4.79 Å². The first-order chi connectivity index (χ1) is 12.6. The van der Waals surface area contributed by atoms with E-state index in [1.165, 1.54) is 0 Å². The second-order valence-corrected chi connectivity index (χ2v) is 5.82. The van der Waals surface area contributed by atoms with Crippen LogP contribution in [-0.2, 0) is 4.74 Å². The Kier molecular flexibility index (Phi) is 5.31. The number of nitrogens with zero attached hydrogens (tertiary/aromatic N) is 2. The predicted molar refractivity (Wildman–Crippen MR) is 95.9 cm³/mol. The third-order valence-corrected chi connectivity index (χ3v) is 3.77. The molecule has 0 fully saturated rings. The van der Waals surface area contributed by atoms with E-state index in [1.807, 2.05) is 38.1 Å². The molecule has 0 aliphatic heterocycles. The highest BCUT2D eigenvalue weighted by Crippen LogP contribution is 2.23. The summed E-state index contributed by atoms with van der Waals surface area (Å²) in [6.07, 6.45) is -0.652. The van der Waals surface area contributed by atoms with Crippen molar-refractivity contribution in [2.24, 2.45) is 0 Å². The van der Waals surface area contributed by atoms with Crippen LogP contribution in [0.4, 0.5) is 0 Å². The van der Waals surface area contributed by atoms with Crippen molar-refractivity contribution in [1.29, 1.82) is 0 Å². The molecule has 2 aromatic carbocycles. The van der Waals surface area contributed by atoms with Crippen molar-refractivity contribution in [3.05, 3.63) is 65.5 Å². The first-order valence-electron chi connectivity index (χ1n) is 8.41. The van der Waals surface area contributed by atoms with E-state index in [2.05, 4.69) is 10.2 Å². The normalized spacial score (nSPS) is 11.8. The van der Waals surface area contributed by atoms with Gasteiger partial charge >= 0.3 is 5.97 Å². The van der Waals surface area contributed by atoms with Crippen molar-refractivity contribution < 1.29 is 18.7 Å². The van der Waals surface area contributed by atoms with Crippen LogP contribution in [0.5, 0.6) is 5.75 Å². The number of hydrogen-bond acceptors (Lipinski definition) is 6. The maximum Gasteiger partial charge on any atom is 0.338 e. The zero-order valence-electron chi connectivity index (χ0n) is 14.9. The predicted octanol–water partition coefficient (Wildman–Crippen LogP) is 4.36. The lowest BCUT2D eigenvalue weighted by Gasteiger charge is -2.10. The van der Waals surface area contributed by atoms with Gasteiger partial charge in [-0.3, -0.25) is 0 Å². The van der Waals surface area contributed by atoms with Crippen LogP contribution in [0.15, 0.2) is 52.9 Å². The van der Waals surface area contributed by atoms with Crippen LogP contribution in [0.25, 0.3) is 11.5 Å². The van der Waals surface area contributed by atoms with E-state index >= 15 is 0 Å². The van der Waals surface area contributed by atoms with Crippen LogP contribution in [0.1, 0.15) is 41.8 Å². The van der Waals surface area contributed by atoms with Gasteiger partial charge in [0.05, 0.1) is 12.2 Å². The molecule has 6 heteroatoms. The van der Waals surface area contributed by atoms with Crippen molar-refractivity contribution in [1.82, 2.24) is 10.2 Å². The van der Waals surface area contributed by atoms with Gasteiger partial charge in [-0.2, -0.15) is 0 Å². The Labute approximate surface area is 151 Å². The molecule has 0 aliphatic carbocycles. The topological polar surface area (TPSA) is 74.5 Å². The zero-order valence-corrected chi connectivity index (χ0v) is 14.9. The maximum absolute atomic E-state index is 12.3. The zero-order chi connectivity index (χ0) is 18.5. The Morgan fingerprint density at radius 1 is 1.08 bits per heavy atom. The lowest BCUT2D eigenvalue weighted by atomic mass is 10.1. The van der Waals surface area contributed by atoms with E-state index in [4.69, 9.17) is 13.9 Å². The average Bonchev–Trinajstić information content (AvgIpc) is 3.13. The molecule has 1 atom stereocenters. The van der Waals surface area contributed by atoms with Gasteiger partial charge in [-0.1, -0.05) is 17.7 Å². The molecular weight excluding hydrogens is 332 g/mol. The van der Waals surface area contributed by atoms with E-state index in [1.54, 1.807) is 31.2 Å². The molecular formula is C20H20N2O4. The molecule has 0 saturated heterocycles. The summed E-state index contributed by atoms with van der Waals surface area (Å²) < 4.78 is 16.4. The van der Waals surface area contributed by atoms with E-state index in [0.717, 1.165) is 11.1 Å². The van der Waals surface area contributed by atoms with E-state index in [-0.39, 0.29) is 5.89 Å². The highest BCUT2D eigenvalue weighted by molar-refractivity contribution is 5.89. The summed E-state index contributed by atoms with van der Waals surface area (Å²) in [5.74, 6) is 0.885. The Balaban J connectivity index is 1.67. The van der Waals surface area contributed by atoms with Crippen LogP contribution < -0.4 is 4.74 Å². The van der Waals surface area contributed by atoms with Crippen LogP contribution >= 0.6 is 0 Å². The van der Waals surface area contributed by atoms with Crippen molar-refractivity contribution in [2.75, 3.05) is 6.61 Å². The summed E-state index contributed by atoms with van der Waals surface area (Å²) in [7, 11) is 0. The molecule has 26 heavy (non-hydrogen) atoms. The summed E-state index contributed by atoms with van der Waals surface area (Å²) in [4.78, 5) is 12.3. The molecule has 0 N–H and O–H groups in total. The Bertz CT molecular complexity index is 870. The molecule has 0 saturated carbocycles. The largest absolute Gasteiger partial charge is 0.494 e. The van der Waals surface area contributed by atoms with E-state index < -0.39 is 12.1 Å². The molecule has 1 aromatic heterocycles. The van der Waals surface area contributed by atoms with Gasteiger partial charge in [0.2, 0.25) is 5.89 Å². The molecule has 3 rings (SSSR count). The van der Waals surface area contributed by atoms with Crippen molar-refractivity contribution in [3.63, 3.8) is 0 Å². The lowest BCUT2D eigenvalue weighted by molar-refractivity contribution is 0.0280. The third-order valence-electron chi connectivity index (χ3n) is 3.77. The fourth-order valence-corrected chi connectivity index (χ4v) is 2.34. The Morgan fingerprint density at radius 3 is 2.42 bits per heavy atom. The molecule has 3 aromatic rings. The Hall–Kier alpha value is -3.15. The fourth-order valence-electron chi connectivity index (χ4n) is 2.34. The second-order valence-electron chi connectivity index (χ2n) is 5.82. The fraction of sp³-hybridized carbons (Fsp3) is 0.250. The third kappa shape index (κ3) is 4.08. The number of carbonyl (C=O) groups excluding carboxylic acids is 1. The minimum absolute atomic E-state index is 0.250. The van der Waals surface area contributed by atoms with Gasteiger partial charge in [0.25, 0.3) is 5.89 Å². The summed E-state index contributed by atoms with van der Waals surface area (Å²) in [5.41, 5.74) is 2.39. The van der Waals surface area contributed by atoms with Crippen molar-refractivity contribution in [2.45, 2.75) is 26.9 Å². The van der Waals surface area contributed by atoms with Crippen molar-refractivity contribution in [3.8, 4) is 17.2 Å². The maximum atomic E-state index is 12.3. The van der Waals surface area contributed by atoms with Gasteiger partial charge in [0.1, 0.15) is 5.75 Å². The van der Waals surface area contributed by atoms with Crippen LogP contribution in [-0.4, -0.2) is 22.8 Å². The number of ether oxygens (including phenoxy) is 2. The molecule has 0 spiro atoms. The monoisotopic (exact) mass is 352 g/mol. The molecule has 6 nitrogen and oxygen atoms in total. The van der Waals surface area contributed by atoms with Crippen LogP contribution in [0, 0.1) is 6.92 Å². The second kappa shape index (κ2) is 7.82. The molecule has 0 aliphatic rings. The minimum atomic E-state index is -0.652. The van der Waals surface area contributed by atoms with Crippen LogP contribution in [0.3, 0.4) is 0 Å². The van der Waals surface area contributed by atoms with Crippen LogP contribution in [0.2, 0.25) is 0 Å². The molecule has 134 valence electrons. The molecule has 1 heterocycles. The molecule has 0 amide bonds. The van der Waals surface area contributed by atoms with Gasteiger partial charge in [-0.05, 0) is 57.2 Å². The molecule has 0 radical (unpaired) electrons. The summed E-state index contributed by atoms with van der Waals surface area (Å²) >= 11 is 0. The number of carbonyl (C=O) groups is 1. The number of rotatable bonds is 6. The standard InChI is InChI=1S/C20H20N2O4/c1-4-24-17-11-9-16(10-12-17)20(23)25-14(3)18-21-22-19(26-18)15-7-5-13(2)6-8-15/h5-12,14H,4H2,1-3H3/t14-/m1/s1. The van der Waals surface area contributed by atoms with Gasteiger partial charge in [-0.25, -0.2) is 4.79 Å². The number of hydrogen-bond donors (Lipinski definition) is 0. The van der Waals surface area contributed by atoms with Gasteiger partial charge < -0.3 is 13.9 Å². The number of aryl methyl sites for hydroxylation is 1. The smallest absolute Gasteiger partial charge is 0.338 e. The number of aromatic nitrogens is 2. The van der Waals surface area contributed by atoms with Gasteiger partial charge in [-0.15, -0.1) is 10.2 Å². The molecule has 0 unspecified atom stereocenters. The SMILES string of the molecule is CCOc1ccc(C(=O)O[C@H](C)c2nnc(-c3ccc(C)cc3)o2)cc1. The Morgan fingerprint density at radius 2 is 1.77 bits per heavy atom. The first kappa shape index (κ1) is 17.7. The minimum Gasteiger partial charge on any atom is -0.494 e. The van der Waals surface area contributed by atoms with Gasteiger partial charge in [0.15, 0.2) is 6.10 Å². The summed E-state index contributed by atoms with van der Waals surface area (Å²) in [6, 6.07) is 14.5. The number of benzene rings is 2.